The van der Waals surface area contributed by atoms with Gasteiger partial charge in [0.1, 0.15) is 10.8 Å². The maximum absolute atomic E-state index is 13.9. The first-order valence-electron chi connectivity index (χ1n) is 12.3. The number of anilines is 2. The molecular formula is C24H31F2N7OS. The van der Waals surface area contributed by atoms with E-state index >= 15 is 0 Å². The van der Waals surface area contributed by atoms with E-state index in [1.165, 1.54) is 0 Å². The van der Waals surface area contributed by atoms with Crippen molar-refractivity contribution in [2.75, 3.05) is 36.5 Å². The minimum Gasteiger partial charge on any atom is -0.378 e. The minimum absolute atomic E-state index is 0.126. The Balaban J connectivity index is 1.36. The van der Waals surface area contributed by atoms with E-state index in [1.54, 1.807) is 21.6 Å². The highest BCUT2D eigenvalue weighted by molar-refractivity contribution is 7.81. The van der Waals surface area contributed by atoms with Crippen LogP contribution in [0.2, 0.25) is 0 Å². The average Bonchev–Trinajstić information content (AvgIpc) is 3.49. The molecule has 2 fully saturated rings. The summed E-state index contributed by atoms with van der Waals surface area (Å²) in [4.78, 5) is 7.18. The molecule has 2 aliphatic rings. The van der Waals surface area contributed by atoms with E-state index in [0.717, 1.165) is 44.6 Å². The molecule has 3 aromatic heterocycles. The van der Waals surface area contributed by atoms with Crippen molar-refractivity contribution >= 4 is 34.4 Å². The fraction of sp³-hybridized carbons (Fsp3) is 0.583. The molecule has 0 radical (unpaired) electrons. The number of halogens is 2. The molecule has 0 atom stereocenters. The van der Waals surface area contributed by atoms with Crippen LogP contribution < -0.4 is 10.2 Å². The Morgan fingerprint density at radius 1 is 1.17 bits per heavy atom. The lowest BCUT2D eigenvalue weighted by Crippen LogP contribution is -2.36. The molecule has 1 saturated heterocycles. The normalized spacial score (nSPS) is 21.3. The summed E-state index contributed by atoms with van der Waals surface area (Å²) in [5, 5.41) is 11.6. The summed E-state index contributed by atoms with van der Waals surface area (Å²) in [5.41, 5.74) is 1.11. The number of nitrogens with one attached hydrogen (secondary N) is 1. The summed E-state index contributed by atoms with van der Waals surface area (Å²) < 4.78 is 36.5. The van der Waals surface area contributed by atoms with Gasteiger partial charge in [-0.2, -0.15) is 10.2 Å². The first kappa shape index (κ1) is 24.1. The first-order chi connectivity index (χ1) is 16.9. The van der Waals surface area contributed by atoms with Crippen molar-refractivity contribution < 1.29 is 13.5 Å². The van der Waals surface area contributed by atoms with Gasteiger partial charge in [0.25, 0.3) is 6.43 Å². The predicted molar refractivity (Wildman–Crippen MR) is 134 cm³/mol. The SMILES string of the molecule is CC(C)C1CCC(n2cc(NC(=S)c3cnn4ccc(N5CCOCC5)nc34)c(C(F)F)n2)CC1. The van der Waals surface area contributed by atoms with Crippen LogP contribution in [0.1, 0.15) is 63.3 Å². The highest BCUT2D eigenvalue weighted by atomic mass is 32.1. The lowest BCUT2D eigenvalue weighted by atomic mass is 9.80. The number of hydrogen-bond donors (Lipinski definition) is 1. The molecule has 11 heteroatoms. The van der Waals surface area contributed by atoms with Crippen LogP contribution in [-0.2, 0) is 4.74 Å². The standard InChI is InChI=1S/C24H31F2N7OS/c1-15(2)16-3-5-17(6-4-16)33-14-19(21(30-33)22(25)26)28-24(35)18-13-27-32-8-7-20(29-23(18)32)31-9-11-34-12-10-31/h7-8,13-17,22H,3-6,9-12H2,1-2H3,(H,28,35). The number of aromatic nitrogens is 5. The minimum atomic E-state index is -2.71. The zero-order valence-corrected chi connectivity index (χ0v) is 20.8. The fourth-order valence-electron chi connectivity index (χ4n) is 5.06. The molecule has 1 saturated carbocycles. The molecule has 3 aromatic rings. The van der Waals surface area contributed by atoms with Gasteiger partial charge < -0.3 is 15.0 Å². The van der Waals surface area contributed by atoms with Gasteiger partial charge in [-0.3, -0.25) is 4.68 Å². The van der Waals surface area contributed by atoms with Gasteiger partial charge in [0.15, 0.2) is 11.3 Å². The number of morpholine rings is 1. The van der Waals surface area contributed by atoms with Crippen LogP contribution in [0.25, 0.3) is 5.65 Å². The van der Waals surface area contributed by atoms with Gasteiger partial charge in [0.2, 0.25) is 0 Å². The number of alkyl halides is 2. The predicted octanol–water partition coefficient (Wildman–Crippen LogP) is 4.87. The summed E-state index contributed by atoms with van der Waals surface area (Å²) in [6, 6.07) is 2.03. The molecule has 0 bridgehead atoms. The monoisotopic (exact) mass is 503 g/mol. The van der Waals surface area contributed by atoms with Crippen molar-refractivity contribution in [3.05, 3.63) is 35.9 Å². The molecule has 4 heterocycles. The highest BCUT2D eigenvalue weighted by Gasteiger charge is 2.28. The van der Waals surface area contributed by atoms with Crippen LogP contribution in [0, 0.1) is 11.8 Å². The molecule has 0 amide bonds. The zero-order chi connectivity index (χ0) is 24.5. The molecule has 35 heavy (non-hydrogen) atoms. The first-order valence-corrected chi connectivity index (χ1v) is 12.7. The van der Waals surface area contributed by atoms with Gasteiger partial charge in [-0.05, 0) is 43.6 Å². The number of thiocarbonyl (C=S) groups is 1. The molecule has 1 aliphatic heterocycles. The third-order valence-electron chi connectivity index (χ3n) is 7.21. The summed E-state index contributed by atoms with van der Waals surface area (Å²) in [7, 11) is 0. The molecule has 1 aliphatic carbocycles. The molecule has 0 spiro atoms. The lowest BCUT2D eigenvalue weighted by molar-refractivity contribution is 0.122. The van der Waals surface area contributed by atoms with E-state index in [0.29, 0.717) is 36.3 Å². The molecule has 188 valence electrons. The van der Waals surface area contributed by atoms with E-state index in [2.05, 4.69) is 34.3 Å². The molecule has 5 rings (SSSR count). The van der Waals surface area contributed by atoms with Crippen LogP contribution in [0.3, 0.4) is 0 Å². The maximum atomic E-state index is 13.9. The van der Waals surface area contributed by atoms with Crippen molar-refractivity contribution in [3.63, 3.8) is 0 Å². The van der Waals surface area contributed by atoms with Gasteiger partial charge in [0, 0.05) is 25.5 Å². The molecule has 1 N–H and O–H groups in total. The van der Waals surface area contributed by atoms with Crippen molar-refractivity contribution in [1.29, 1.82) is 0 Å². The number of rotatable bonds is 6. The van der Waals surface area contributed by atoms with Crippen LogP contribution in [0.4, 0.5) is 20.3 Å². The van der Waals surface area contributed by atoms with Gasteiger partial charge in [0.05, 0.1) is 36.7 Å². The quantitative estimate of drug-likeness (QED) is 0.481. The van der Waals surface area contributed by atoms with Gasteiger partial charge in [-0.15, -0.1) is 0 Å². The number of nitrogens with zero attached hydrogens (tertiary/aromatic N) is 6. The number of fused-ring (bicyclic) bond motifs is 1. The Morgan fingerprint density at radius 3 is 2.60 bits per heavy atom. The van der Waals surface area contributed by atoms with Crippen LogP contribution in [-0.4, -0.2) is 55.7 Å². The van der Waals surface area contributed by atoms with Gasteiger partial charge in [-0.25, -0.2) is 18.3 Å². The van der Waals surface area contributed by atoms with E-state index < -0.39 is 6.43 Å². The van der Waals surface area contributed by atoms with E-state index in [4.69, 9.17) is 21.9 Å². The van der Waals surface area contributed by atoms with Crippen molar-refractivity contribution in [3.8, 4) is 0 Å². The molecule has 0 aromatic carbocycles. The Kier molecular flexibility index (Phi) is 6.97. The second-order valence-corrected chi connectivity index (χ2v) is 10.1. The zero-order valence-electron chi connectivity index (χ0n) is 20.0. The van der Waals surface area contributed by atoms with E-state index in [-0.39, 0.29) is 22.4 Å². The molecule has 8 nitrogen and oxygen atoms in total. The Labute approximate surface area is 208 Å². The molecule has 0 unspecified atom stereocenters. The van der Waals surface area contributed by atoms with Crippen LogP contribution >= 0.6 is 12.2 Å². The van der Waals surface area contributed by atoms with E-state index in [9.17, 15) is 8.78 Å². The average molecular weight is 504 g/mol. The largest absolute Gasteiger partial charge is 0.378 e. The lowest BCUT2D eigenvalue weighted by Gasteiger charge is -2.30. The fourth-order valence-corrected chi connectivity index (χ4v) is 5.31. The van der Waals surface area contributed by atoms with Crippen molar-refractivity contribution in [2.24, 2.45) is 11.8 Å². The highest BCUT2D eigenvalue weighted by Crippen LogP contribution is 2.37. The second-order valence-electron chi connectivity index (χ2n) is 9.69. The van der Waals surface area contributed by atoms with Crippen molar-refractivity contribution in [2.45, 2.75) is 52.0 Å². The van der Waals surface area contributed by atoms with Gasteiger partial charge in [-0.1, -0.05) is 26.1 Å². The van der Waals surface area contributed by atoms with E-state index in [1.807, 2.05) is 12.3 Å². The van der Waals surface area contributed by atoms with Crippen LogP contribution in [0.15, 0.2) is 24.7 Å². The number of hydrogen-bond acceptors (Lipinski definition) is 6. The van der Waals surface area contributed by atoms with Crippen LogP contribution in [0.5, 0.6) is 0 Å². The smallest absolute Gasteiger partial charge is 0.284 e. The molecular weight excluding hydrogens is 472 g/mol. The Bertz CT molecular complexity index is 1180. The Hall–Kier alpha value is -2.66. The van der Waals surface area contributed by atoms with Crippen molar-refractivity contribution in [1.82, 2.24) is 24.4 Å². The number of ether oxygens (including phenoxy) is 1. The topological polar surface area (TPSA) is 72.5 Å². The summed E-state index contributed by atoms with van der Waals surface area (Å²) in [5.74, 6) is 2.14. The third kappa shape index (κ3) is 5.02. The summed E-state index contributed by atoms with van der Waals surface area (Å²) in [6.45, 7) is 7.31. The second kappa shape index (κ2) is 10.1. The summed E-state index contributed by atoms with van der Waals surface area (Å²) in [6.07, 6.45) is 6.48. The maximum Gasteiger partial charge on any atom is 0.284 e. The van der Waals surface area contributed by atoms with Gasteiger partial charge >= 0.3 is 0 Å². The summed E-state index contributed by atoms with van der Waals surface area (Å²) >= 11 is 5.62. The Morgan fingerprint density at radius 2 is 1.91 bits per heavy atom. The third-order valence-corrected chi connectivity index (χ3v) is 7.53.